The summed E-state index contributed by atoms with van der Waals surface area (Å²) in [4.78, 5) is 2.59. The van der Waals surface area contributed by atoms with Gasteiger partial charge in [-0.1, -0.05) is 26.7 Å². The zero-order valence-corrected chi connectivity index (χ0v) is 9.13. The predicted octanol–water partition coefficient (Wildman–Crippen LogP) is 1.85. The summed E-state index contributed by atoms with van der Waals surface area (Å²) < 4.78 is 0. The van der Waals surface area contributed by atoms with Crippen LogP contribution >= 0.6 is 0 Å². The van der Waals surface area contributed by atoms with E-state index >= 15 is 0 Å². The third-order valence-corrected chi connectivity index (χ3v) is 3.10. The number of hydrogen-bond donors (Lipinski definition) is 1. The van der Waals surface area contributed by atoms with Gasteiger partial charge in [0.05, 0.1) is 0 Å². The summed E-state index contributed by atoms with van der Waals surface area (Å²) in [6, 6.07) is 0.783. The minimum absolute atomic E-state index is 0.782. The number of nitrogens with two attached hydrogens (primary N) is 1. The van der Waals surface area contributed by atoms with E-state index in [0.29, 0.717) is 0 Å². The normalized spacial score (nSPS) is 26.3. The first-order valence-electron chi connectivity index (χ1n) is 5.70. The van der Waals surface area contributed by atoms with Gasteiger partial charge in [-0.25, -0.2) is 0 Å². The molecule has 0 aromatic heterocycles. The van der Waals surface area contributed by atoms with Crippen LogP contribution in [0, 0.1) is 5.92 Å². The van der Waals surface area contributed by atoms with Crippen LogP contribution in [0.3, 0.4) is 0 Å². The van der Waals surface area contributed by atoms with Crippen LogP contribution in [0.25, 0.3) is 0 Å². The number of hydrogen-bond acceptors (Lipinski definition) is 2. The average molecular weight is 184 g/mol. The van der Waals surface area contributed by atoms with Gasteiger partial charge >= 0.3 is 0 Å². The molecule has 1 unspecified atom stereocenters. The molecule has 1 atom stereocenters. The molecular formula is C11H24N2. The SMILES string of the molecule is CC(C)C1CCCCCN1CCN. The first kappa shape index (κ1) is 11.0. The first-order chi connectivity index (χ1) is 6.25. The lowest BCUT2D eigenvalue weighted by molar-refractivity contribution is 0.162. The Morgan fingerprint density at radius 1 is 1.31 bits per heavy atom. The monoisotopic (exact) mass is 184 g/mol. The minimum Gasteiger partial charge on any atom is -0.329 e. The van der Waals surface area contributed by atoms with Crippen molar-refractivity contribution in [1.29, 1.82) is 0 Å². The molecule has 1 rings (SSSR count). The summed E-state index contributed by atoms with van der Waals surface area (Å²) in [6.07, 6.45) is 5.55. The summed E-state index contributed by atoms with van der Waals surface area (Å²) in [5, 5.41) is 0. The van der Waals surface area contributed by atoms with Crippen LogP contribution in [0.2, 0.25) is 0 Å². The smallest absolute Gasteiger partial charge is 0.0119 e. The topological polar surface area (TPSA) is 29.3 Å². The van der Waals surface area contributed by atoms with Crippen LogP contribution in [-0.2, 0) is 0 Å². The second-order valence-electron chi connectivity index (χ2n) is 4.49. The Kier molecular flexibility index (Phi) is 4.74. The molecule has 0 amide bonds. The van der Waals surface area contributed by atoms with Gasteiger partial charge in [-0.2, -0.15) is 0 Å². The molecule has 1 aliphatic heterocycles. The van der Waals surface area contributed by atoms with E-state index in [-0.39, 0.29) is 0 Å². The lowest BCUT2D eigenvalue weighted by atomic mass is 9.98. The van der Waals surface area contributed by atoms with E-state index in [0.717, 1.165) is 25.0 Å². The van der Waals surface area contributed by atoms with Gasteiger partial charge in [0.1, 0.15) is 0 Å². The van der Waals surface area contributed by atoms with Crippen LogP contribution in [0.15, 0.2) is 0 Å². The lowest BCUT2D eigenvalue weighted by Crippen LogP contribution is -2.41. The molecule has 0 aromatic carbocycles. The van der Waals surface area contributed by atoms with Gasteiger partial charge in [0.25, 0.3) is 0 Å². The van der Waals surface area contributed by atoms with Crippen molar-refractivity contribution >= 4 is 0 Å². The average Bonchev–Trinajstić information content (AvgIpc) is 2.30. The number of rotatable bonds is 3. The Hall–Kier alpha value is -0.0800. The molecule has 1 aliphatic rings. The van der Waals surface area contributed by atoms with E-state index in [2.05, 4.69) is 18.7 Å². The van der Waals surface area contributed by atoms with Crippen molar-refractivity contribution in [3.8, 4) is 0 Å². The van der Waals surface area contributed by atoms with Crippen molar-refractivity contribution in [3.05, 3.63) is 0 Å². The van der Waals surface area contributed by atoms with Crippen LogP contribution in [0.5, 0.6) is 0 Å². The second-order valence-corrected chi connectivity index (χ2v) is 4.49. The summed E-state index contributed by atoms with van der Waals surface area (Å²) in [7, 11) is 0. The van der Waals surface area contributed by atoms with Crippen molar-refractivity contribution in [2.24, 2.45) is 11.7 Å². The van der Waals surface area contributed by atoms with Gasteiger partial charge in [0.2, 0.25) is 0 Å². The second kappa shape index (κ2) is 5.61. The molecule has 13 heavy (non-hydrogen) atoms. The van der Waals surface area contributed by atoms with E-state index in [1.54, 1.807) is 0 Å². The first-order valence-corrected chi connectivity index (χ1v) is 5.70. The number of likely N-dealkylation sites (tertiary alicyclic amines) is 1. The standard InChI is InChI=1S/C11H24N2/c1-10(2)11-6-4-3-5-8-13(11)9-7-12/h10-11H,3-9,12H2,1-2H3. The van der Waals surface area contributed by atoms with Gasteiger partial charge < -0.3 is 5.73 Å². The highest BCUT2D eigenvalue weighted by atomic mass is 15.2. The molecule has 2 heteroatoms. The summed E-state index contributed by atoms with van der Waals surface area (Å²) in [5.74, 6) is 0.782. The van der Waals surface area contributed by atoms with Crippen LogP contribution < -0.4 is 5.73 Å². The molecule has 0 saturated carbocycles. The predicted molar refractivity (Wildman–Crippen MR) is 57.7 cm³/mol. The fourth-order valence-corrected chi connectivity index (χ4v) is 2.39. The van der Waals surface area contributed by atoms with E-state index in [4.69, 9.17) is 5.73 Å². The molecular weight excluding hydrogens is 160 g/mol. The highest BCUT2D eigenvalue weighted by Gasteiger charge is 2.22. The maximum Gasteiger partial charge on any atom is 0.0119 e. The maximum absolute atomic E-state index is 5.63. The lowest BCUT2D eigenvalue weighted by Gasteiger charge is -2.32. The van der Waals surface area contributed by atoms with Gasteiger partial charge in [-0.3, -0.25) is 4.90 Å². The quantitative estimate of drug-likeness (QED) is 0.725. The van der Waals surface area contributed by atoms with Crippen molar-refractivity contribution in [2.75, 3.05) is 19.6 Å². The largest absolute Gasteiger partial charge is 0.329 e. The Balaban J connectivity index is 2.50. The molecule has 0 spiro atoms. The van der Waals surface area contributed by atoms with Crippen LogP contribution in [0.1, 0.15) is 39.5 Å². The summed E-state index contributed by atoms with van der Waals surface area (Å²) in [5.41, 5.74) is 5.63. The van der Waals surface area contributed by atoms with E-state index in [1.165, 1.54) is 32.2 Å². The molecule has 78 valence electrons. The maximum atomic E-state index is 5.63. The highest BCUT2D eigenvalue weighted by molar-refractivity contribution is 4.77. The molecule has 0 aromatic rings. The fourth-order valence-electron chi connectivity index (χ4n) is 2.39. The van der Waals surface area contributed by atoms with Crippen molar-refractivity contribution < 1.29 is 0 Å². The summed E-state index contributed by atoms with van der Waals surface area (Å²) in [6.45, 7) is 7.82. The van der Waals surface area contributed by atoms with E-state index in [9.17, 15) is 0 Å². The molecule has 0 bridgehead atoms. The Labute approximate surface area is 82.5 Å². The summed E-state index contributed by atoms with van der Waals surface area (Å²) >= 11 is 0. The number of nitrogens with zero attached hydrogens (tertiary/aromatic N) is 1. The molecule has 1 heterocycles. The molecule has 2 N–H and O–H groups in total. The van der Waals surface area contributed by atoms with Gasteiger partial charge in [0.15, 0.2) is 0 Å². The molecule has 2 nitrogen and oxygen atoms in total. The molecule has 1 saturated heterocycles. The van der Waals surface area contributed by atoms with Crippen molar-refractivity contribution in [1.82, 2.24) is 4.90 Å². The van der Waals surface area contributed by atoms with Crippen LogP contribution in [-0.4, -0.2) is 30.6 Å². The minimum atomic E-state index is 0.782. The Morgan fingerprint density at radius 3 is 2.69 bits per heavy atom. The van der Waals surface area contributed by atoms with Gasteiger partial charge in [-0.05, 0) is 25.3 Å². The van der Waals surface area contributed by atoms with Gasteiger partial charge in [-0.15, -0.1) is 0 Å². The Bertz CT molecular complexity index is 134. The molecule has 1 fully saturated rings. The fraction of sp³-hybridized carbons (Fsp3) is 1.00. The third-order valence-electron chi connectivity index (χ3n) is 3.10. The van der Waals surface area contributed by atoms with Crippen LogP contribution in [0.4, 0.5) is 0 Å². The highest BCUT2D eigenvalue weighted by Crippen LogP contribution is 2.21. The molecule has 0 aliphatic carbocycles. The van der Waals surface area contributed by atoms with Crippen molar-refractivity contribution in [2.45, 2.75) is 45.6 Å². The molecule has 0 radical (unpaired) electrons. The van der Waals surface area contributed by atoms with E-state index in [1.807, 2.05) is 0 Å². The third kappa shape index (κ3) is 3.28. The van der Waals surface area contributed by atoms with E-state index < -0.39 is 0 Å². The zero-order valence-electron chi connectivity index (χ0n) is 9.13. The van der Waals surface area contributed by atoms with Gasteiger partial charge in [0, 0.05) is 19.1 Å². The Morgan fingerprint density at radius 2 is 2.08 bits per heavy atom. The zero-order chi connectivity index (χ0) is 9.68. The van der Waals surface area contributed by atoms with Crippen molar-refractivity contribution in [3.63, 3.8) is 0 Å².